The van der Waals surface area contributed by atoms with Crippen LogP contribution in [0.4, 0.5) is 4.79 Å². The number of halogens is 2. The van der Waals surface area contributed by atoms with E-state index in [1.807, 2.05) is 0 Å². The van der Waals surface area contributed by atoms with Gasteiger partial charge in [0.05, 0.1) is 10.0 Å². The summed E-state index contributed by atoms with van der Waals surface area (Å²) in [7, 11) is 0. The third kappa shape index (κ3) is 3.23. The smallest absolute Gasteiger partial charge is 0.319 e. The Balaban J connectivity index is 1.83. The van der Waals surface area contributed by atoms with Crippen LogP contribution in [0.2, 0.25) is 10.0 Å². The number of hydrogen-bond acceptors (Lipinski definition) is 3. The fraction of sp³-hybridized carbons (Fsp3) is 0.105. The topological polar surface area (TPSA) is 66.5 Å². The van der Waals surface area contributed by atoms with Crippen molar-refractivity contribution in [3.63, 3.8) is 0 Å². The second-order valence-electron chi connectivity index (χ2n) is 5.91. The first kappa shape index (κ1) is 18.2. The van der Waals surface area contributed by atoms with Crippen LogP contribution in [0.1, 0.15) is 18.1 Å². The summed E-state index contributed by atoms with van der Waals surface area (Å²) in [5.41, 5.74) is -0.0708. The monoisotopic (exact) mass is 388 g/mol. The molecule has 0 bridgehead atoms. The van der Waals surface area contributed by atoms with Gasteiger partial charge >= 0.3 is 6.03 Å². The van der Waals surface area contributed by atoms with Crippen molar-refractivity contribution in [3.05, 3.63) is 75.8 Å². The summed E-state index contributed by atoms with van der Waals surface area (Å²) >= 11 is 11.8. The lowest BCUT2D eigenvalue weighted by Gasteiger charge is -2.21. The van der Waals surface area contributed by atoms with E-state index in [2.05, 4.69) is 5.32 Å². The van der Waals surface area contributed by atoms with E-state index < -0.39 is 23.4 Å². The summed E-state index contributed by atoms with van der Waals surface area (Å²) in [4.78, 5) is 38.0. The van der Waals surface area contributed by atoms with Gasteiger partial charge in [-0.2, -0.15) is 4.90 Å². The van der Waals surface area contributed by atoms with Crippen LogP contribution in [0, 0.1) is 0 Å². The van der Waals surface area contributed by atoms with Crippen LogP contribution in [-0.2, 0) is 15.1 Å². The average Bonchev–Trinajstić information content (AvgIpc) is 2.86. The number of rotatable bonds is 3. The normalized spacial score (nSPS) is 19.9. The molecule has 3 rings (SSSR count). The number of nitrogens with one attached hydrogen (secondary N) is 1. The van der Waals surface area contributed by atoms with Crippen molar-refractivity contribution in [1.29, 1.82) is 0 Å². The number of carbonyl (C=O) groups excluding carboxylic acids is 3. The number of urea groups is 1. The number of imide groups is 3. The third-order valence-corrected chi connectivity index (χ3v) is 4.86. The summed E-state index contributed by atoms with van der Waals surface area (Å²) in [6, 6.07) is 12.8. The van der Waals surface area contributed by atoms with Gasteiger partial charge in [-0.15, -0.1) is 0 Å². The fourth-order valence-electron chi connectivity index (χ4n) is 2.66. The van der Waals surface area contributed by atoms with Crippen molar-refractivity contribution in [2.45, 2.75) is 12.5 Å². The molecule has 4 amide bonds. The molecule has 0 aromatic heterocycles. The Morgan fingerprint density at radius 3 is 2.42 bits per heavy atom. The van der Waals surface area contributed by atoms with Gasteiger partial charge in [-0.3, -0.25) is 9.59 Å². The lowest BCUT2D eigenvalue weighted by atomic mass is 9.92. The predicted octanol–water partition coefficient (Wildman–Crippen LogP) is 4.00. The maximum Gasteiger partial charge on any atom is 0.332 e. The van der Waals surface area contributed by atoms with E-state index in [0.29, 0.717) is 26.1 Å². The average molecular weight is 389 g/mol. The standard InChI is InChI=1S/C19H14Cl2N2O3/c1-19(13-5-3-2-4-6-13)17(25)23(18(26)22-19)16(24)10-8-12-7-9-14(20)15(21)11-12/h2-11H,1H3,(H,22,26). The highest BCUT2D eigenvalue weighted by Gasteiger charge is 2.51. The molecule has 1 aliphatic heterocycles. The molecule has 5 nitrogen and oxygen atoms in total. The molecule has 0 saturated carbocycles. The Hall–Kier alpha value is -2.63. The first-order chi connectivity index (χ1) is 12.3. The second-order valence-corrected chi connectivity index (χ2v) is 6.72. The fourth-order valence-corrected chi connectivity index (χ4v) is 2.97. The van der Waals surface area contributed by atoms with E-state index in [1.165, 1.54) is 6.08 Å². The van der Waals surface area contributed by atoms with Crippen LogP contribution in [-0.4, -0.2) is 22.7 Å². The molecule has 1 atom stereocenters. The van der Waals surface area contributed by atoms with E-state index in [9.17, 15) is 14.4 Å². The van der Waals surface area contributed by atoms with Crippen LogP contribution in [0.25, 0.3) is 6.08 Å². The van der Waals surface area contributed by atoms with Gasteiger partial charge in [0.1, 0.15) is 5.54 Å². The Morgan fingerprint density at radius 1 is 1.08 bits per heavy atom. The van der Waals surface area contributed by atoms with Crippen LogP contribution in [0.15, 0.2) is 54.6 Å². The van der Waals surface area contributed by atoms with Crippen molar-refractivity contribution in [3.8, 4) is 0 Å². The highest BCUT2D eigenvalue weighted by molar-refractivity contribution is 6.42. The van der Waals surface area contributed by atoms with E-state index in [4.69, 9.17) is 23.2 Å². The zero-order valence-electron chi connectivity index (χ0n) is 13.7. The molecular weight excluding hydrogens is 375 g/mol. The second kappa shape index (κ2) is 6.94. The third-order valence-electron chi connectivity index (χ3n) is 4.12. The number of benzene rings is 2. The van der Waals surface area contributed by atoms with Crippen LogP contribution in [0.3, 0.4) is 0 Å². The molecule has 2 aromatic carbocycles. The molecule has 0 radical (unpaired) electrons. The van der Waals surface area contributed by atoms with E-state index in [-0.39, 0.29) is 0 Å². The summed E-state index contributed by atoms with van der Waals surface area (Å²) < 4.78 is 0. The zero-order valence-corrected chi connectivity index (χ0v) is 15.2. The Morgan fingerprint density at radius 2 is 1.77 bits per heavy atom. The molecule has 1 fully saturated rings. The maximum absolute atomic E-state index is 12.7. The van der Waals surface area contributed by atoms with Gasteiger partial charge in [0, 0.05) is 6.08 Å². The number of nitrogens with zero attached hydrogens (tertiary/aromatic N) is 1. The summed E-state index contributed by atoms with van der Waals surface area (Å²) in [6.45, 7) is 1.57. The zero-order chi connectivity index (χ0) is 18.9. The van der Waals surface area contributed by atoms with Gasteiger partial charge in [-0.1, -0.05) is 59.6 Å². The van der Waals surface area contributed by atoms with Gasteiger partial charge in [-0.05, 0) is 36.3 Å². The van der Waals surface area contributed by atoms with E-state index >= 15 is 0 Å². The van der Waals surface area contributed by atoms with Crippen molar-refractivity contribution in [1.82, 2.24) is 10.2 Å². The molecule has 1 saturated heterocycles. The molecule has 0 aliphatic carbocycles. The van der Waals surface area contributed by atoms with E-state index in [0.717, 1.165) is 6.08 Å². The number of hydrogen-bond donors (Lipinski definition) is 1. The Kier molecular flexibility index (Phi) is 4.85. The van der Waals surface area contributed by atoms with Crippen LogP contribution >= 0.6 is 23.2 Å². The molecule has 1 unspecified atom stereocenters. The van der Waals surface area contributed by atoms with Crippen molar-refractivity contribution in [2.24, 2.45) is 0 Å². The minimum absolute atomic E-state index is 0.341. The number of carbonyl (C=O) groups is 3. The maximum atomic E-state index is 12.7. The Labute approximate surface area is 160 Å². The SMILES string of the molecule is CC1(c2ccccc2)NC(=O)N(C(=O)C=Cc2ccc(Cl)c(Cl)c2)C1=O. The predicted molar refractivity (Wildman–Crippen MR) is 99.7 cm³/mol. The molecular formula is C19H14Cl2N2O3. The minimum Gasteiger partial charge on any atom is -0.319 e. The summed E-state index contributed by atoms with van der Waals surface area (Å²) in [6.07, 6.45) is 2.61. The molecule has 1 N–H and O–H groups in total. The molecule has 26 heavy (non-hydrogen) atoms. The minimum atomic E-state index is -1.29. The first-order valence-electron chi connectivity index (χ1n) is 7.72. The van der Waals surface area contributed by atoms with E-state index in [1.54, 1.807) is 55.5 Å². The van der Waals surface area contributed by atoms with Crippen molar-refractivity contribution >= 4 is 47.1 Å². The highest BCUT2D eigenvalue weighted by Crippen LogP contribution is 2.29. The summed E-state index contributed by atoms with van der Waals surface area (Å²) in [5, 5.41) is 3.32. The van der Waals surface area contributed by atoms with Gasteiger partial charge in [0.15, 0.2) is 0 Å². The van der Waals surface area contributed by atoms with Gasteiger partial charge in [-0.25, -0.2) is 4.79 Å². The Bertz CT molecular complexity index is 928. The van der Waals surface area contributed by atoms with Crippen molar-refractivity contribution in [2.75, 3.05) is 0 Å². The highest BCUT2D eigenvalue weighted by atomic mass is 35.5. The molecule has 1 heterocycles. The van der Waals surface area contributed by atoms with Crippen molar-refractivity contribution < 1.29 is 14.4 Å². The lowest BCUT2D eigenvalue weighted by Crippen LogP contribution is -2.41. The lowest BCUT2D eigenvalue weighted by molar-refractivity contribution is -0.139. The largest absolute Gasteiger partial charge is 0.332 e. The van der Waals surface area contributed by atoms with Gasteiger partial charge in [0.2, 0.25) is 0 Å². The van der Waals surface area contributed by atoms with Gasteiger partial charge in [0.25, 0.3) is 11.8 Å². The molecule has 7 heteroatoms. The molecule has 132 valence electrons. The van der Waals surface area contributed by atoms with Crippen LogP contribution < -0.4 is 5.32 Å². The van der Waals surface area contributed by atoms with Crippen LogP contribution in [0.5, 0.6) is 0 Å². The molecule has 2 aromatic rings. The number of amides is 4. The first-order valence-corrected chi connectivity index (χ1v) is 8.48. The molecule has 0 spiro atoms. The molecule has 1 aliphatic rings. The quantitative estimate of drug-likeness (QED) is 0.638. The summed E-state index contributed by atoms with van der Waals surface area (Å²) in [5.74, 6) is -1.37. The van der Waals surface area contributed by atoms with Gasteiger partial charge < -0.3 is 5.32 Å².